The Morgan fingerprint density at radius 3 is 2.57 bits per heavy atom. The van der Waals surface area contributed by atoms with Crippen molar-refractivity contribution in [2.45, 2.75) is 12.8 Å². The maximum Gasteiger partial charge on any atom is 0.270 e. The van der Waals surface area contributed by atoms with Crippen LogP contribution in [-0.4, -0.2) is 29.0 Å². The molecule has 0 atom stereocenters. The topological polar surface area (TPSA) is 66.9 Å². The number of carbonyl (C=O) groups excluding carboxylic acids is 1. The fraction of sp³-hybridized carbons (Fsp3) is 0.190. The van der Waals surface area contributed by atoms with E-state index in [2.05, 4.69) is 20.6 Å². The quantitative estimate of drug-likeness (QED) is 0.604. The van der Waals surface area contributed by atoms with Gasteiger partial charge >= 0.3 is 0 Å². The molecule has 2 N–H and O–H groups in total. The minimum atomic E-state index is -0.276. The number of amides is 1. The second-order valence-electron chi connectivity index (χ2n) is 6.20. The van der Waals surface area contributed by atoms with Gasteiger partial charge in [0.1, 0.15) is 11.5 Å². The summed E-state index contributed by atoms with van der Waals surface area (Å²) in [6.45, 7) is 1.06. The van der Waals surface area contributed by atoms with Crippen molar-refractivity contribution < 1.29 is 9.18 Å². The predicted molar refractivity (Wildman–Crippen MR) is 108 cm³/mol. The third kappa shape index (κ3) is 6.03. The Bertz CT molecular complexity index is 934. The molecule has 0 aliphatic rings. The molecule has 2 aromatic carbocycles. The number of nitrogens with one attached hydrogen (secondary N) is 2. The number of benzene rings is 2. The van der Waals surface area contributed by atoms with Gasteiger partial charge in [0.2, 0.25) is 5.95 Å². The molecule has 0 aliphatic heterocycles. The Morgan fingerprint density at radius 2 is 1.79 bits per heavy atom. The number of anilines is 1. The first-order chi connectivity index (χ1) is 13.6. The molecule has 3 aromatic rings. The lowest BCUT2D eigenvalue weighted by Crippen LogP contribution is -2.27. The van der Waals surface area contributed by atoms with Gasteiger partial charge in [-0.2, -0.15) is 0 Å². The molecule has 144 valence electrons. The summed E-state index contributed by atoms with van der Waals surface area (Å²) in [6.07, 6.45) is 2.92. The van der Waals surface area contributed by atoms with Crippen LogP contribution in [-0.2, 0) is 12.8 Å². The van der Waals surface area contributed by atoms with Crippen molar-refractivity contribution in [3.05, 3.63) is 88.5 Å². The minimum absolute atomic E-state index is 0.274. The highest BCUT2D eigenvalue weighted by Crippen LogP contribution is 2.11. The van der Waals surface area contributed by atoms with Gasteiger partial charge in [-0.3, -0.25) is 4.79 Å². The monoisotopic (exact) mass is 398 g/mol. The molecule has 0 spiro atoms. The molecule has 3 rings (SSSR count). The Balaban J connectivity index is 1.47. The van der Waals surface area contributed by atoms with Crippen molar-refractivity contribution >= 4 is 23.5 Å². The van der Waals surface area contributed by atoms with Gasteiger partial charge in [0, 0.05) is 24.3 Å². The molecule has 0 unspecified atom stereocenters. The Labute approximate surface area is 168 Å². The molecule has 0 radical (unpaired) electrons. The van der Waals surface area contributed by atoms with E-state index < -0.39 is 0 Å². The molecule has 0 bridgehead atoms. The normalized spacial score (nSPS) is 10.5. The number of aromatic nitrogens is 2. The van der Waals surface area contributed by atoms with Crippen LogP contribution in [0.1, 0.15) is 21.6 Å². The molecule has 1 amide bonds. The third-order valence-electron chi connectivity index (χ3n) is 4.09. The molecule has 0 aliphatic carbocycles. The van der Waals surface area contributed by atoms with Gasteiger partial charge in [0.25, 0.3) is 5.91 Å². The maximum absolute atomic E-state index is 12.9. The fourth-order valence-electron chi connectivity index (χ4n) is 2.64. The lowest BCUT2D eigenvalue weighted by atomic mass is 10.1. The van der Waals surface area contributed by atoms with Crippen molar-refractivity contribution in [3.8, 4) is 0 Å². The number of carbonyl (C=O) groups is 1. The summed E-state index contributed by atoms with van der Waals surface area (Å²) in [5.74, 6) is -0.153. The lowest BCUT2D eigenvalue weighted by molar-refractivity contribution is 0.0949. The number of halogens is 2. The number of hydrogen-bond acceptors (Lipinski definition) is 4. The number of rotatable bonds is 8. The highest BCUT2D eigenvalue weighted by atomic mass is 35.5. The first-order valence-electron chi connectivity index (χ1n) is 8.94. The summed E-state index contributed by atoms with van der Waals surface area (Å²) in [4.78, 5) is 20.7. The summed E-state index contributed by atoms with van der Waals surface area (Å²) < 4.78 is 12.9. The van der Waals surface area contributed by atoms with Gasteiger partial charge < -0.3 is 10.6 Å². The van der Waals surface area contributed by atoms with Gasteiger partial charge in [-0.05, 0) is 54.3 Å². The molecule has 0 saturated carbocycles. The molecule has 28 heavy (non-hydrogen) atoms. The van der Waals surface area contributed by atoms with Crippen LogP contribution < -0.4 is 10.6 Å². The van der Waals surface area contributed by atoms with Crippen LogP contribution in [0.25, 0.3) is 0 Å². The van der Waals surface area contributed by atoms with Crippen molar-refractivity contribution in [2.24, 2.45) is 0 Å². The molecule has 0 fully saturated rings. The van der Waals surface area contributed by atoms with Crippen LogP contribution >= 0.6 is 11.6 Å². The van der Waals surface area contributed by atoms with Gasteiger partial charge in [0.05, 0.1) is 0 Å². The van der Waals surface area contributed by atoms with Crippen molar-refractivity contribution in [1.82, 2.24) is 15.3 Å². The molecule has 1 aromatic heterocycles. The average molecular weight is 399 g/mol. The number of nitrogens with zero attached hydrogens (tertiary/aromatic N) is 2. The summed E-state index contributed by atoms with van der Waals surface area (Å²) in [6, 6.07) is 15.4. The second kappa shape index (κ2) is 9.80. The fourth-order valence-corrected chi connectivity index (χ4v) is 2.86. The smallest absolute Gasteiger partial charge is 0.270 e. The highest BCUT2D eigenvalue weighted by molar-refractivity contribution is 6.30. The predicted octanol–water partition coefficient (Wildman–Crippen LogP) is 3.90. The molecular formula is C21H20ClFN4O. The van der Waals surface area contributed by atoms with E-state index >= 15 is 0 Å². The number of hydrogen-bond donors (Lipinski definition) is 2. The van der Waals surface area contributed by atoms with Crippen molar-refractivity contribution in [3.63, 3.8) is 0 Å². The van der Waals surface area contributed by atoms with E-state index in [9.17, 15) is 9.18 Å². The average Bonchev–Trinajstić information content (AvgIpc) is 2.70. The Morgan fingerprint density at radius 1 is 1.00 bits per heavy atom. The first kappa shape index (κ1) is 19.8. The molecule has 1 heterocycles. The SMILES string of the molecule is O=C(NCCc1ccc(F)cc1)c1ccnc(NCCc2cccc(Cl)c2)n1. The standard InChI is InChI=1S/C21H20ClFN4O/c22-17-3-1-2-16(14-17)9-12-25-21-26-13-10-19(27-21)20(28)24-11-8-15-4-6-18(23)7-5-15/h1-7,10,13-14H,8-9,11-12H2,(H,24,28)(H,25,26,27). The summed E-state index contributed by atoms with van der Waals surface area (Å²) in [5, 5.41) is 6.63. The Kier molecular flexibility index (Phi) is 6.92. The highest BCUT2D eigenvalue weighted by Gasteiger charge is 2.08. The van der Waals surface area contributed by atoms with E-state index in [1.807, 2.05) is 24.3 Å². The van der Waals surface area contributed by atoms with Gasteiger partial charge in [-0.1, -0.05) is 35.9 Å². The molecule has 5 nitrogen and oxygen atoms in total. The van der Waals surface area contributed by atoms with Crippen LogP contribution in [0, 0.1) is 5.82 Å². The second-order valence-corrected chi connectivity index (χ2v) is 6.64. The van der Waals surface area contributed by atoms with Crippen LogP contribution in [0.5, 0.6) is 0 Å². The zero-order valence-corrected chi connectivity index (χ0v) is 15.9. The molecular weight excluding hydrogens is 379 g/mol. The van der Waals surface area contributed by atoms with Crippen molar-refractivity contribution in [2.75, 3.05) is 18.4 Å². The summed E-state index contributed by atoms with van der Waals surface area (Å²) in [5.41, 5.74) is 2.35. The lowest BCUT2D eigenvalue weighted by Gasteiger charge is -2.08. The minimum Gasteiger partial charge on any atom is -0.354 e. The van der Waals surface area contributed by atoms with E-state index in [1.165, 1.54) is 12.1 Å². The van der Waals surface area contributed by atoms with Crippen molar-refractivity contribution in [1.29, 1.82) is 0 Å². The zero-order valence-electron chi connectivity index (χ0n) is 15.2. The van der Waals surface area contributed by atoms with Gasteiger partial charge in [0.15, 0.2) is 0 Å². The van der Waals surface area contributed by atoms with E-state index in [0.29, 0.717) is 36.2 Å². The van der Waals surface area contributed by atoms with Gasteiger partial charge in [-0.25, -0.2) is 14.4 Å². The van der Waals surface area contributed by atoms with E-state index in [0.717, 1.165) is 17.5 Å². The van der Waals surface area contributed by atoms with E-state index in [4.69, 9.17) is 11.6 Å². The van der Waals surface area contributed by atoms with Crippen LogP contribution in [0.15, 0.2) is 60.8 Å². The summed E-state index contributed by atoms with van der Waals surface area (Å²) in [7, 11) is 0. The zero-order chi connectivity index (χ0) is 19.8. The van der Waals surface area contributed by atoms with E-state index in [1.54, 1.807) is 24.4 Å². The third-order valence-corrected chi connectivity index (χ3v) is 4.32. The van der Waals surface area contributed by atoms with Crippen LogP contribution in [0.3, 0.4) is 0 Å². The first-order valence-corrected chi connectivity index (χ1v) is 9.32. The summed E-state index contributed by atoms with van der Waals surface area (Å²) >= 11 is 5.98. The largest absolute Gasteiger partial charge is 0.354 e. The molecule has 7 heteroatoms. The van der Waals surface area contributed by atoms with Crippen LogP contribution in [0.4, 0.5) is 10.3 Å². The van der Waals surface area contributed by atoms with Gasteiger partial charge in [-0.15, -0.1) is 0 Å². The Hall–Kier alpha value is -2.99. The van der Waals surface area contributed by atoms with E-state index in [-0.39, 0.29) is 11.7 Å². The van der Waals surface area contributed by atoms with Crippen LogP contribution in [0.2, 0.25) is 5.02 Å². The molecule has 0 saturated heterocycles. The maximum atomic E-state index is 12.9.